The number of carbonyl (C=O) groups is 1. The Morgan fingerprint density at radius 2 is 2.11 bits per heavy atom. The number of carbonyl (C=O) groups excluding carboxylic acids is 1. The molecule has 0 heterocycles. The molecule has 1 aromatic rings. The fraction of sp³-hybridized carbons (Fsp3) is 0.462. The van der Waals surface area contributed by atoms with Crippen molar-refractivity contribution in [2.24, 2.45) is 11.7 Å². The van der Waals surface area contributed by atoms with Crippen molar-refractivity contribution in [3.63, 3.8) is 0 Å². The summed E-state index contributed by atoms with van der Waals surface area (Å²) in [6, 6.07) is 3.96. The Morgan fingerprint density at radius 3 is 2.61 bits per heavy atom. The van der Waals surface area contributed by atoms with Crippen LogP contribution in [0.4, 0.5) is 4.39 Å². The topological polar surface area (TPSA) is 46.3 Å². The molecule has 100 valence electrons. The second kappa shape index (κ2) is 6.16. The highest BCUT2D eigenvalue weighted by Gasteiger charge is 2.21. The molecule has 1 aromatic carbocycles. The van der Waals surface area contributed by atoms with E-state index in [1.54, 1.807) is 13.1 Å². The number of hydrogen-bond donors (Lipinski definition) is 1. The molecule has 3 nitrogen and oxygen atoms in total. The molecule has 0 unspecified atom stereocenters. The van der Waals surface area contributed by atoms with Crippen LogP contribution in [0.2, 0.25) is 5.02 Å². The van der Waals surface area contributed by atoms with E-state index in [1.165, 1.54) is 17.0 Å². The van der Waals surface area contributed by atoms with Crippen molar-refractivity contribution >= 4 is 17.5 Å². The summed E-state index contributed by atoms with van der Waals surface area (Å²) in [4.78, 5) is 13.4. The van der Waals surface area contributed by atoms with Crippen LogP contribution in [0.1, 0.15) is 19.4 Å². The Morgan fingerprint density at radius 1 is 1.50 bits per heavy atom. The quantitative estimate of drug-likeness (QED) is 0.915. The van der Waals surface area contributed by atoms with Gasteiger partial charge in [0.2, 0.25) is 5.91 Å². The number of nitrogens with two attached hydrogens (primary N) is 1. The van der Waals surface area contributed by atoms with E-state index in [1.807, 2.05) is 13.8 Å². The Labute approximate surface area is 112 Å². The van der Waals surface area contributed by atoms with Gasteiger partial charge in [0.1, 0.15) is 5.82 Å². The first-order chi connectivity index (χ1) is 8.32. The summed E-state index contributed by atoms with van der Waals surface area (Å²) >= 11 is 5.60. The molecule has 0 aromatic heterocycles. The monoisotopic (exact) mass is 272 g/mol. The number of rotatable bonds is 4. The lowest BCUT2D eigenvalue weighted by atomic mass is 10.0. The molecule has 1 rings (SSSR count). The molecule has 5 heteroatoms. The maximum atomic E-state index is 13.3. The first kappa shape index (κ1) is 14.9. The van der Waals surface area contributed by atoms with Gasteiger partial charge in [-0.15, -0.1) is 0 Å². The molecular formula is C13H18ClFN2O. The number of hydrogen-bond acceptors (Lipinski definition) is 2. The number of halogens is 2. The third kappa shape index (κ3) is 3.68. The normalized spacial score (nSPS) is 12.6. The van der Waals surface area contributed by atoms with Gasteiger partial charge in [0.05, 0.1) is 11.1 Å². The maximum Gasteiger partial charge on any atom is 0.239 e. The van der Waals surface area contributed by atoms with E-state index in [0.717, 1.165) is 0 Å². The molecule has 0 saturated heterocycles. The highest BCUT2D eigenvalue weighted by atomic mass is 35.5. The van der Waals surface area contributed by atoms with Crippen molar-refractivity contribution in [2.45, 2.75) is 26.4 Å². The summed E-state index contributed by atoms with van der Waals surface area (Å²) in [7, 11) is 1.65. The summed E-state index contributed by atoms with van der Waals surface area (Å²) in [6.07, 6.45) is 0. The van der Waals surface area contributed by atoms with E-state index in [4.69, 9.17) is 17.3 Å². The van der Waals surface area contributed by atoms with E-state index >= 15 is 0 Å². The van der Waals surface area contributed by atoms with Gasteiger partial charge in [-0.25, -0.2) is 4.39 Å². The molecule has 1 amide bonds. The Hall–Kier alpha value is -1.13. The lowest BCUT2D eigenvalue weighted by molar-refractivity contribution is -0.132. The highest BCUT2D eigenvalue weighted by Crippen LogP contribution is 2.16. The Balaban J connectivity index is 2.72. The van der Waals surface area contributed by atoms with Crippen molar-refractivity contribution in [3.05, 3.63) is 34.6 Å². The molecule has 0 aliphatic heterocycles. The first-order valence-electron chi connectivity index (χ1n) is 5.77. The minimum atomic E-state index is -0.535. The van der Waals surface area contributed by atoms with E-state index in [2.05, 4.69) is 0 Å². The van der Waals surface area contributed by atoms with Crippen molar-refractivity contribution in [1.82, 2.24) is 4.90 Å². The first-order valence-corrected chi connectivity index (χ1v) is 6.15. The third-order valence-corrected chi connectivity index (χ3v) is 3.09. The maximum absolute atomic E-state index is 13.3. The summed E-state index contributed by atoms with van der Waals surface area (Å²) < 4.78 is 13.3. The molecule has 1 atom stereocenters. The number of nitrogens with zero attached hydrogens (tertiary/aromatic N) is 1. The molecular weight excluding hydrogens is 255 g/mol. The van der Waals surface area contributed by atoms with Gasteiger partial charge < -0.3 is 10.6 Å². The molecule has 0 aliphatic carbocycles. The van der Waals surface area contributed by atoms with Crippen molar-refractivity contribution in [3.8, 4) is 0 Å². The number of benzene rings is 1. The fourth-order valence-electron chi connectivity index (χ4n) is 1.53. The van der Waals surface area contributed by atoms with Gasteiger partial charge in [0.25, 0.3) is 0 Å². The SMILES string of the molecule is CC(C)[C@H](N)C(=O)N(C)Cc1ccc(Cl)c(F)c1. The number of likely N-dealkylation sites (N-methyl/N-ethyl adjacent to an activating group) is 1. The number of amides is 1. The van der Waals surface area contributed by atoms with Crippen LogP contribution >= 0.6 is 11.6 Å². The van der Waals surface area contributed by atoms with Crippen molar-refractivity contribution in [1.29, 1.82) is 0 Å². The average Bonchev–Trinajstić information content (AvgIpc) is 2.31. The third-order valence-electron chi connectivity index (χ3n) is 2.78. The predicted molar refractivity (Wildman–Crippen MR) is 70.7 cm³/mol. The summed E-state index contributed by atoms with van der Waals surface area (Å²) in [5, 5.41) is 0.0756. The molecule has 0 saturated carbocycles. The van der Waals surface area contributed by atoms with Gasteiger partial charge in [-0.2, -0.15) is 0 Å². The van der Waals surface area contributed by atoms with Crippen molar-refractivity contribution in [2.75, 3.05) is 7.05 Å². The minimum absolute atomic E-state index is 0.0712. The van der Waals surface area contributed by atoms with Gasteiger partial charge in [-0.1, -0.05) is 31.5 Å². The van der Waals surface area contributed by atoms with Crippen LogP contribution in [0.5, 0.6) is 0 Å². The zero-order valence-electron chi connectivity index (χ0n) is 10.8. The van der Waals surface area contributed by atoms with Gasteiger partial charge in [0.15, 0.2) is 0 Å². The smallest absolute Gasteiger partial charge is 0.239 e. The van der Waals surface area contributed by atoms with Crippen LogP contribution < -0.4 is 5.73 Å². The molecule has 0 aliphatic rings. The average molecular weight is 273 g/mol. The molecule has 18 heavy (non-hydrogen) atoms. The summed E-state index contributed by atoms with van der Waals surface area (Å²) in [5.41, 5.74) is 6.47. The largest absolute Gasteiger partial charge is 0.340 e. The summed E-state index contributed by atoms with van der Waals surface area (Å²) in [6.45, 7) is 4.09. The molecule has 0 fully saturated rings. The fourth-order valence-corrected chi connectivity index (χ4v) is 1.65. The van der Waals surface area contributed by atoms with Crippen LogP contribution in [0, 0.1) is 11.7 Å². The zero-order valence-corrected chi connectivity index (χ0v) is 11.5. The van der Waals surface area contributed by atoms with Gasteiger partial charge >= 0.3 is 0 Å². The Bertz CT molecular complexity index is 437. The Kier molecular flexibility index (Phi) is 5.11. The standard InChI is InChI=1S/C13H18ClFN2O/c1-8(2)12(16)13(18)17(3)7-9-4-5-10(14)11(15)6-9/h4-6,8,12H,7,16H2,1-3H3/t12-/m0/s1. The second-order valence-corrected chi connectivity index (χ2v) is 5.12. The second-order valence-electron chi connectivity index (χ2n) is 4.71. The lowest BCUT2D eigenvalue weighted by Gasteiger charge is -2.23. The van der Waals surface area contributed by atoms with Crippen LogP contribution in [-0.2, 0) is 11.3 Å². The molecule has 2 N–H and O–H groups in total. The lowest BCUT2D eigenvalue weighted by Crippen LogP contribution is -2.44. The predicted octanol–water partition coefficient (Wildman–Crippen LogP) is 2.42. The highest BCUT2D eigenvalue weighted by molar-refractivity contribution is 6.30. The van der Waals surface area contributed by atoms with Crippen LogP contribution in [0.15, 0.2) is 18.2 Å². The molecule has 0 spiro atoms. The van der Waals surface area contributed by atoms with Crippen LogP contribution in [0.25, 0.3) is 0 Å². The minimum Gasteiger partial charge on any atom is -0.340 e. The van der Waals surface area contributed by atoms with Crippen LogP contribution in [0.3, 0.4) is 0 Å². The van der Waals surface area contributed by atoms with E-state index < -0.39 is 11.9 Å². The van der Waals surface area contributed by atoms with E-state index in [9.17, 15) is 9.18 Å². The van der Waals surface area contributed by atoms with Gasteiger partial charge in [0, 0.05) is 13.6 Å². The van der Waals surface area contributed by atoms with Crippen LogP contribution in [-0.4, -0.2) is 23.9 Å². The van der Waals surface area contributed by atoms with E-state index in [-0.39, 0.29) is 16.8 Å². The molecule has 0 bridgehead atoms. The van der Waals surface area contributed by atoms with Gasteiger partial charge in [-0.3, -0.25) is 4.79 Å². The van der Waals surface area contributed by atoms with Gasteiger partial charge in [-0.05, 0) is 23.6 Å². The van der Waals surface area contributed by atoms with E-state index in [0.29, 0.717) is 12.1 Å². The zero-order chi connectivity index (χ0) is 13.9. The van der Waals surface area contributed by atoms with Crippen molar-refractivity contribution < 1.29 is 9.18 Å². The summed E-state index contributed by atoms with van der Waals surface area (Å²) in [5.74, 6) is -0.564. The molecule has 0 radical (unpaired) electrons.